The standard InChI is InChI=1S/C18H15ClN2O2/c19-12-4-1-3-11(9-12)18-15-6-2-5-14(15)16-10-13(21(22)23)7-8-17(16)20-18/h1-5,7-10,14-15,18,20H,6H2/t14-,15+,18+/m1/s1. The molecule has 116 valence electrons. The molecule has 23 heavy (non-hydrogen) atoms. The molecular weight excluding hydrogens is 312 g/mol. The fourth-order valence-electron chi connectivity index (χ4n) is 3.73. The van der Waals surface area contributed by atoms with Gasteiger partial charge in [-0.2, -0.15) is 0 Å². The van der Waals surface area contributed by atoms with E-state index in [1.807, 2.05) is 24.3 Å². The van der Waals surface area contributed by atoms with Gasteiger partial charge in [0.25, 0.3) is 5.69 Å². The van der Waals surface area contributed by atoms with Crippen LogP contribution in [0, 0.1) is 16.0 Å². The molecule has 1 aliphatic heterocycles. The number of rotatable bonds is 2. The average Bonchev–Trinajstić information content (AvgIpc) is 3.03. The summed E-state index contributed by atoms with van der Waals surface area (Å²) in [5, 5.41) is 15.3. The first kappa shape index (κ1) is 14.3. The molecule has 1 aliphatic carbocycles. The number of halogens is 1. The molecular formula is C18H15ClN2O2. The number of nitro groups is 1. The van der Waals surface area contributed by atoms with Gasteiger partial charge in [-0.25, -0.2) is 0 Å². The molecule has 1 N–H and O–H groups in total. The summed E-state index contributed by atoms with van der Waals surface area (Å²) < 4.78 is 0. The Balaban J connectivity index is 1.79. The highest BCUT2D eigenvalue weighted by molar-refractivity contribution is 6.30. The Morgan fingerprint density at radius 1 is 1.22 bits per heavy atom. The number of nitro benzene ring substituents is 1. The number of fused-ring (bicyclic) bond motifs is 3. The summed E-state index contributed by atoms with van der Waals surface area (Å²) in [7, 11) is 0. The molecule has 0 spiro atoms. The van der Waals surface area contributed by atoms with Crippen LogP contribution < -0.4 is 5.32 Å². The van der Waals surface area contributed by atoms with Crippen molar-refractivity contribution in [3.8, 4) is 0 Å². The lowest BCUT2D eigenvalue weighted by Crippen LogP contribution is -2.29. The number of hydrogen-bond donors (Lipinski definition) is 1. The Morgan fingerprint density at radius 2 is 2.09 bits per heavy atom. The van der Waals surface area contributed by atoms with E-state index >= 15 is 0 Å². The number of nitrogens with zero attached hydrogens (tertiary/aromatic N) is 1. The molecule has 2 aliphatic rings. The predicted octanol–water partition coefficient (Wildman–Crippen LogP) is 5.07. The lowest BCUT2D eigenvalue weighted by molar-refractivity contribution is -0.384. The van der Waals surface area contributed by atoms with Crippen LogP contribution in [0.4, 0.5) is 11.4 Å². The molecule has 0 bridgehead atoms. The minimum absolute atomic E-state index is 0.144. The largest absolute Gasteiger partial charge is 0.378 e. The van der Waals surface area contributed by atoms with Crippen LogP contribution in [-0.2, 0) is 0 Å². The van der Waals surface area contributed by atoms with E-state index in [9.17, 15) is 10.1 Å². The number of anilines is 1. The summed E-state index contributed by atoms with van der Waals surface area (Å²) in [6.45, 7) is 0. The van der Waals surface area contributed by atoms with Crippen LogP contribution in [0.2, 0.25) is 5.02 Å². The highest BCUT2D eigenvalue weighted by Crippen LogP contribution is 2.50. The Labute approximate surface area is 138 Å². The van der Waals surface area contributed by atoms with Crippen molar-refractivity contribution in [3.05, 3.63) is 80.9 Å². The third kappa shape index (κ3) is 2.39. The zero-order valence-electron chi connectivity index (χ0n) is 12.3. The Bertz CT molecular complexity index is 818. The zero-order chi connectivity index (χ0) is 16.0. The van der Waals surface area contributed by atoms with Crippen molar-refractivity contribution in [2.45, 2.75) is 18.4 Å². The van der Waals surface area contributed by atoms with E-state index in [4.69, 9.17) is 11.6 Å². The Kier molecular flexibility index (Phi) is 3.34. The topological polar surface area (TPSA) is 55.2 Å². The smallest absolute Gasteiger partial charge is 0.269 e. The highest BCUT2D eigenvalue weighted by Gasteiger charge is 2.38. The number of hydrogen-bond acceptors (Lipinski definition) is 3. The quantitative estimate of drug-likeness (QED) is 0.476. The van der Waals surface area contributed by atoms with E-state index in [2.05, 4.69) is 23.5 Å². The molecule has 0 saturated carbocycles. The maximum Gasteiger partial charge on any atom is 0.269 e. The monoisotopic (exact) mass is 326 g/mol. The van der Waals surface area contributed by atoms with Gasteiger partial charge in [0.15, 0.2) is 0 Å². The number of nitrogens with one attached hydrogen (secondary N) is 1. The van der Waals surface area contributed by atoms with Crippen LogP contribution in [0.25, 0.3) is 0 Å². The van der Waals surface area contributed by atoms with Crippen LogP contribution in [0.1, 0.15) is 29.5 Å². The molecule has 1 heterocycles. The molecule has 0 saturated heterocycles. The third-order valence-electron chi connectivity index (χ3n) is 4.76. The lowest BCUT2D eigenvalue weighted by Gasteiger charge is -2.37. The second-order valence-corrected chi connectivity index (χ2v) is 6.50. The van der Waals surface area contributed by atoms with E-state index in [0.717, 1.165) is 28.3 Å². The molecule has 2 aromatic rings. The molecule has 0 amide bonds. The van der Waals surface area contributed by atoms with Gasteiger partial charge in [-0.05, 0) is 41.7 Å². The summed E-state index contributed by atoms with van der Waals surface area (Å²) >= 11 is 6.14. The van der Waals surface area contributed by atoms with Crippen LogP contribution in [0.5, 0.6) is 0 Å². The fourth-order valence-corrected chi connectivity index (χ4v) is 3.92. The number of benzene rings is 2. The first-order chi connectivity index (χ1) is 11.1. The van der Waals surface area contributed by atoms with Crippen LogP contribution >= 0.6 is 11.6 Å². The van der Waals surface area contributed by atoms with E-state index in [-0.39, 0.29) is 22.6 Å². The minimum Gasteiger partial charge on any atom is -0.378 e. The summed E-state index contributed by atoms with van der Waals surface area (Å²) in [5.74, 6) is 0.554. The first-order valence-electron chi connectivity index (χ1n) is 7.60. The fraction of sp³-hybridized carbons (Fsp3) is 0.222. The van der Waals surface area contributed by atoms with Crippen molar-refractivity contribution >= 4 is 23.0 Å². The van der Waals surface area contributed by atoms with Crippen molar-refractivity contribution in [3.63, 3.8) is 0 Å². The van der Waals surface area contributed by atoms with Crippen molar-refractivity contribution in [2.75, 3.05) is 5.32 Å². The SMILES string of the molecule is O=[N+]([O-])c1ccc2c(c1)[C@@H]1C=CC[C@@H]1[C@H](c1cccc(Cl)c1)N2. The van der Waals surface area contributed by atoms with Gasteiger partial charge < -0.3 is 5.32 Å². The van der Waals surface area contributed by atoms with Gasteiger partial charge in [-0.15, -0.1) is 0 Å². The van der Waals surface area contributed by atoms with Crippen molar-refractivity contribution in [1.29, 1.82) is 0 Å². The van der Waals surface area contributed by atoms with Gasteiger partial charge in [0, 0.05) is 28.8 Å². The van der Waals surface area contributed by atoms with Gasteiger partial charge in [-0.1, -0.05) is 35.9 Å². The van der Waals surface area contributed by atoms with Crippen molar-refractivity contribution in [2.24, 2.45) is 5.92 Å². The van der Waals surface area contributed by atoms with Crippen molar-refractivity contribution in [1.82, 2.24) is 0 Å². The van der Waals surface area contributed by atoms with E-state index in [0.29, 0.717) is 5.92 Å². The third-order valence-corrected chi connectivity index (χ3v) is 5.00. The molecule has 0 unspecified atom stereocenters. The Hall–Kier alpha value is -2.33. The van der Waals surface area contributed by atoms with Gasteiger partial charge in [-0.3, -0.25) is 10.1 Å². The highest BCUT2D eigenvalue weighted by atomic mass is 35.5. The molecule has 4 nitrogen and oxygen atoms in total. The minimum atomic E-state index is -0.336. The van der Waals surface area contributed by atoms with Gasteiger partial charge in [0.1, 0.15) is 0 Å². The summed E-state index contributed by atoms with van der Waals surface area (Å²) in [6.07, 6.45) is 5.30. The first-order valence-corrected chi connectivity index (χ1v) is 7.98. The molecule has 0 aromatic heterocycles. The van der Waals surface area contributed by atoms with Gasteiger partial charge >= 0.3 is 0 Å². The lowest BCUT2D eigenvalue weighted by atomic mass is 9.77. The predicted molar refractivity (Wildman–Crippen MR) is 90.9 cm³/mol. The van der Waals surface area contributed by atoms with E-state index in [1.165, 1.54) is 0 Å². The maximum absolute atomic E-state index is 11.1. The zero-order valence-corrected chi connectivity index (χ0v) is 13.0. The molecule has 0 fully saturated rings. The van der Waals surface area contributed by atoms with Crippen molar-refractivity contribution < 1.29 is 4.92 Å². The second kappa shape index (κ2) is 5.39. The molecule has 4 rings (SSSR count). The van der Waals surface area contributed by atoms with E-state index < -0.39 is 0 Å². The van der Waals surface area contributed by atoms with Gasteiger partial charge in [0.05, 0.1) is 11.0 Å². The summed E-state index contributed by atoms with van der Waals surface area (Å²) in [5.41, 5.74) is 3.27. The van der Waals surface area contributed by atoms with Crippen LogP contribution in [0.15, 0.2) is 54.6 Å². The van der Waals surface area contributed by atoms with E-state index in [1.54, 1.807) is 12.1 Å². The molecule has 3 atom stereocenters. The normalized spacial score (nSPS) is 24.7. The average molecular weight is 327 g/mol. The van der Waals surface area contributed by atoms with Crippen LogP contribution in [-0.4, -0.2) is 4.92 Å². The maximum atomic E-state index is 11.1. The molecule has 0 radical (unpaired) electrons. The van der Waals surface area contributed by atoms with Crippen LogP contribution in [0.3, 0.4) is 0 Å². The summed E-state index contributed by atoms with van der Waals surface area (Å²) in [6, 6.07) is 13.1. The molecule has 5 heteroatoms. The number of allylic oxidation sites excluding steroid dienone is 2. The number of non-ortho nitro benzene ring substituents is 1. The van der Waals surface area contributed by atoms with Gasteiger partial charge in [0.2, 0.25) is 0 Å². The molecule has 2 aromatic carbocycles. The second-order valence-electron chi connectivity index (χ2n) is 6.06. The Morgan fingerprint density at radius 3 is 2.87 bits per heavy atom. The summed E-state index contributed by atoms with van der Waals surface area (Å²) in [4.78, 5) is 10.7.